The fourth-order valence-electron chi connectivity index (χ4n) is 4.01. The van der Waals surface area contributed by atoms with E-state index in [1.54, 1.807) is 24.4 Å². The van der Waals surface area contributed by atoms with Gasteiger partial charge in [-0.2, -0.15) is 4.98 Å². The smallest absolute Gasteiger partial charge is 0.225 e. The van der Waals surface area contributed by atoms with Gasteiger partial charge in [-0.1, -0.05) is 29.3 Å². The fraction of sp³-hybridized carbons (Fsp3) is 0.429. The first-order valence-corrected chi connectivity index (χ1v) is 11.3. The van der Waals surface area contributed by atoms with Gasteiger partial charge in [-0.3, -0.25) is 9.36 Å². The molecule has 11 heteroatoms. The van der Waals surface area contributed by atoms with E-state index < -0.39 is 0 Å². The largest absolute Gasteiger partial charge is 0.394 e. The summed E-state index contributed by atoms with van der Waals surface area (Å²) in [4.78, 5) is 25.3. The van der Waals surface area contributed by atoms with E-state index in [1.165, 1.54) is 0 Å². The quantitative estimate of drug-likeness (QED) is 0.405. The third kappa shape index (κ3) is 4.60. The van der Waals surface area contributed by atoms with Crippen LogP contribution in [0.2, 0.25) is 10.0 Å². The maximum absolute atomic E-state index is 11.6. The minimum atomic E-state index is -0.257. The van der Waals surface area contributed by atoms with Crippen molar-refractivity contribution < 1.29 is 9.90 Å². The summed E-state index contributed by atoms with van der Waals surface area (Å²) in [6.45, 7) is 1.79. The van der Waals surface area contributed by atoms with Crippen LogP contribution in [0, 0.1) is 5.92 Å². The molecule has 2 heterocycles. The highest BCUT2D eigenvalue weighted by Gasteiger charge is 2.29. The van der Waals surface area contributed by atoms with Gasteiger partial charge in [0.1, 0.15) is 5.52 Å². The number of hydrogen-bond donors (Lipinski definition) is 4. The van der Waals surface area contributed by atoms with Crippen LogP contribution in [0.1, 0.15) is 38.6 Å². The average Bonchev–Trinajstić information content (AvgIpc) is 3.13. The molecule has 2 aromatic heterocycles. The van der Waals surface area contributed by atoms with E-state index in [0.29, 0.717) is 51.6 Å². The summed E-state index contributed by atoms with van der Waals surface area (Å²) in [6, 6.07) is 5.12. The minimum Gasteiger partial charge on any atom is -0.394 e. The Morgan fingerprint density at radius 2 is 1.94 bits per heavy atom. The molecule has 0 radical (unpaired) electrons. The van der Waals surface area contributed by atoms with Gasteiger partial charge < -0.3 is 21.5 Å². The molecule has 0 aliphatic heterocycles. The van der Waals surface area contributed by atoms with Crippen LogP contribution < -0.4 is 16.4 Å². The Hall–Kier alpha value is -2.62. The standard InChI is InChI=1S/C21H25Cl2N7O2/c1-11(10-31)26-20-25-9-16-19(29-20)30(13-7-5-12(6-8-13)18(24)32)21(27-16)28-17-14(22)3-2-4-15(17)23/h2-4,9,11-13,31H,5-8,10H2,1H3,(H2,24,32)(H,27,28)(H,25,26,29). The molecule has 1 amide bonds. The molecular formula is C21H25Cl2N7O2. The number of fused-ring (bicyclic) bond motifs is 1. The summed E-state index contributed by atoms with van der Waals surface area (Å²) in [5.74, 6) is 0.562. The van der Waals surface area contributed by atoms with Gasteiger partial charge in [0.15, 0.2) is 5.65 Å². The number of nitrogens with zero attached hydrogens (tertiary/aromatic N) is 4. The SMILES string of the molecule is CC(CO)Nc1ncc2nc(Nc3c(Cl)cccc3Cl)n(C3CCC(C(N)=O)CC3)c2n1. The summed E-state index contributed by atoms with van der Waals surface area (Å²) in [6.07, 6.45) is 4.54. The maximum atomic E-state index is 11.6. The lowest BCUT2D eigenvalue weighted by molar-refractivity contribution is -0.122. The predicted molar refractivity (Wildman–Crippen MR) is 125 cm³/mol. The first-order chi connectivity index (χ1) is 15.4. The number of benzene rings is 1. The number of anilines is 3. The number of para-hydroxylation sites is 1. The second-order valence-electron chi connectivity index (χ2n) is 8.07. The Labute approximate surface area is 195 Å². The first-order valence-electron chi connectivity index (χ1n) is 10.5. The van der Waals surface area contributed by atoms with Gasteiger partial charge in [0.2, 0.25) is 17.8 Å². The predicted octanol–water partition coefficient (Wildman–Crippen LogP) is 3.89. The fourth-order valence-corrected chi connectivity index (χ4v) is 4.50. The van der Waals surface area contributed by atoms with E-state index in [4.69, 9.17) is 33.9 Å². The molecule has 0 saturated heterocycles. The zero-order chi connectivity index (χ0) is 22.8. The van der Waals surface area contributed by atoms with Crippen LogP contribution in [-0.4, -0.2) is 43.2 Å². The summed E-state index contributed by atoms with van der Waals surface area (Å²) in [5.41, 5.74) is 7.32. The lowest BCUT2D eigenvalue weighted by Gasteiger charge is -2.29. The van der Waals surface area contributed by atoms with Crippen LogP contribution in [0.15, 0.2) is 24.4 Å². The number of aromatic nitrogens is 4. The van der Waals surface area contributed by atoms with Gasteiger partial charge in [0.25, 0.3) is 0 Å². The van der Waals surface area contributed by atoms with Gasteiger partial charge in [-0.25, -0.2) is 9.97 Å². The third-order valence-corrected chi connectivity index (χ3v) is 6.38. The van der Waals surface area contributed by atoms with Crippen molar-refractivity contribution in [2.75, 3.05) is 17.2 Å². The Kier molecular flexibility index (Phi) is 6.68. The molecule has 1 aromatic carbocycles. The first kappa shape index (κ1) is 22.6. The Balaban J connectivity index is 1.76. The summed E-state index contributed by atoms with van der Waals surface area (Å²) in [7, 11) is 0. The zero-order valence-corrected chi connectivity index (χ0v) is 19.1. The molecule has 32 heavy (non-hydrogen) atoms. The normalized spacial score (nSPS) is 19.6. The number of aliphatic hydroxyl groups is 1. The van der Waals surface area contributed by atoms with Crippen molar-refractivity contribution in [2.24, 2.45) is 11.7 Å². The van der Waals surface area contributed by atoms with Crippen LogP contribution >= 0.6 is 23.2 Å². The molecule has 1 aliphatic carbocycles. The van der Waals surface area contributed by atoms with Crippen molar-refractivity contribution in [3.05, 3.63) is 34.4 Å². The van der Waals surface area contributed by atoms with Crippen LogP contribution in [0.25, 0.3) is 11.2 Å². The van der Waals surface area contributed by atoms with E-state index in [0.717, 1.165) is 12.8 Å². The average molecular weight is 478 g/mol. The second-order valence-corrected chi connectivity index (χ2v) is 8.88. The number of carbonyl (C=O) groups is 1. The number of hydrogen-bond acceptors (Lipinski definition) is 7. The van der Waals surface area contributed by atoms with Crippen molar-refractivity contribution in [3.63, 3.8) is 0 Å². The van der Waals surface area contributed by atoms with E-state index in [-0.39, 0.29) is 30.5 Å². The summed E-state index contributed by atoms with van der Waals surface area (Å²) >= 11 is 12.7. The van der Waals surface area contributed by atoms with E-state index in [9.17, 15) is 9.90 Å². The Morgan fingerprint density at radius 3 is 2.56 bits per heavy atom. The molecule has 1 atom stereocenters. The molecule has 9 nitrogen and oxygen atoms in total. The van der Waals surface area contributed by atoms with E-state index >= 15 is 0 Å². The molecule has 1 fully saturated rings. The number of rotatable bonds is 7. The number of amides is 1. The number of nitrogens with one attached hydrogen (secondary N) is 2. The van der Waals surface area contributed by atoms with Crippen molar-refractivity contribution in [2.45, 2.75) is 44.7 Å². The summed E-state index contributed by atoms with van der Waals surface area (Å²) < 4.78 is 2.02. The van der Waals surface area contributed by atoms with Gasteiger partial charge in [0, 0.05) is 18.0 Å². The van der Waals surface area contributed by atoms with Gasteiger partial charge >= 0.3 is 0 Å². The molecule has 1 saturated carbocycles. The van der Waals surface area contributed by atoms with Crippen molar-refractivity contribution in [1.82, 2.24) is 19.5 Å². The van der Waals surface area contributed by atoms with Crippen molar-refractivity contribution in [1.29, 1.82) is 0 Å². The van der Waals surface area contributed by atoms with Crippen molar-refractivity contribution in [3.8, 4) is 0 Å². The van der Waals surface area contributed by atoms with Gasteiger partial charge in [-0.05, 0) is 44.7 Å². The maximum Gasteiger partial charge on any atom is 0.225 e. The lowest BCUT2D eigenvalue weighted by atomic mass is 9.85. The molecule has 5 N–H and O–H groups in total. The molecule has 0 bridgehead atoms. The topological polar surface area (TPSA) is 131 Å². The Morgan fingerprint density at radius 1 is 1.25 bits per heavy atom. The molecule has 1 unspecified atom stereocenters. The molecular weight excluding hydrogens is 453 g/mol. The molecule has 0 spiro atoms. The van der Waals surface area contributed by atoms with Crippen LogP contribution in [0.4, 0.5) is 17.6 Å². The second kappa shape index (κ2) is 9.48. The number of carbonyl (C=O) groups excluding carboxylic acids is 1. The summed E-state index contributed by atoms with van der Waals surface area (Å²) in [5, 5.41) is 16.6. The highest BCUT2D eigenvalue weighted by atomic mass is 35.5. The monoisotopic (exact) mass is 477 g/mol. The minimum absolute atomic E-state index is 0.0460. The molecule has 170 valence electrons. The van der Waals surface area contributed by atoms with Crippen LogP contribution in [-0.2, 0) is 4.79 Å². The third-order valence-electron chi connectivity index (χ3n) is 5.75. The molecule has 1 aliphatic rings. The Bertz CT molecular complexity index is 1110. The molecule has 4 rings (SSSR count). The van der Waals surface area contributed by atoms with E-state index in [2.05, 4.69) is 20.6 Å². The lowest BCUT2D eigenvalue weighted by Crippen LogP contribution is -2.29. The molecule has 3 aromatic rings. The van der Waals surface area contributed by atoms with Crippen LogP contribution in [0.5, 0.6) is 0 Å². The van der Waals surface area contributed by atoms with Crippen LogP contribution in [0.3, 0.4) is 0 Å². The number of aliphatic hydroxyl groups excluding tert-OH is 1. The number of halogens is 2. The van der Waals surface area contributed by atoms with Gasteiger partial charge in [-0.15, -0.1) is 0 Å². The van der Waals surface area contributed by atoms with E-state index in [1.807, 2.05) is 11.5 Å². The van der Waals surface area contributed by atoms with Gasteiger partial charge in [0.05, 0.1) is 28.5 Å². The zero-order valence-electron chi connectivity index (χ0n) is 17.6. The van der Waals surface area contributed by atoms with Crippen molar-refractivity contribution >= 4 is 57.9 Å². The number of primary amides is 1. The number of nitrogens with two attached hydrogens (primary N) is 1. The highest BCUT2D eigenvalue weighted by Crippen LogP contribution is 2.39. The highest BCUT2D eigenvalue weighted by molar-refractivity contribution is 6.39. The number of imidazole rings is 1.